The highest BCUT2D eigenvalue weighted by molar-refractivity contribution is 7.47. The van der Waals surface area contributed by atoms with Crippen LogP contribution in [0.1, 0.15) is 498 Å². The molecule has 0 aliphatic rings. The van der Waals surface area contributed by atoms with Crippen molar-refractivity contribution in [2.75, 3.05) is 39.6 Å². The molecule has 17 nitrogen and oxygen atoms in total. The van der Waals surface area contributed by atoms with Crippen LogP contribution in [0, 0.1) is 17.8 Å². The van der Waals surface area contributed by atoms with E-state index >= 15 is 0 Å². The zero-order valence-electron chi connectivity index (χ0n) is 74.2. The van der Waals surface area contributed by atoms with Crippen molar-refractivity contribution in [2.45, 2.75) is 516 Å². The summed E-state index contributed by atoms with van der Waals surface area (Å²) >= 11 is 0. The van der Waals surface area contributed by atoms with Gasteiger partial charge in [0, 0.05) is 25.7 Å². The Balaban J connectivity index is 5.18. The van der Waals surface area contributed by atoms with Gasteiger partial charge in [0.15, 0.2) is 12.2 Å². The van der Waals surface area contributed by atoms with Gasteiger partial charge in [-0.3, -0.25) is 37.3 Å². The second kappa shape index (κ2) is 82.7. The summed E-state index contributed by atoms with van der Waals surface area (Å²) in [7, 11) is -9.94. The van der Waals surface area contributed by atoms with E-state index in [1.54, 1.807) is 0 Å². The molecule has 0 aliphatic heterocycles. The minimum absolute atomic E-state index is 0.108. The molecule has 19 heteroatoms. The third kappa shape index (κ3) is 85.9. The quantitative estimate of drug-likeness (QED) is 0.0222. The third-order valence-electron chi connectivity index (χ3n) is 21.9. The lowest BCUT2D eigenvalue weighted by Gasteiger charge is -2.21. The third-order valence-corrected chi connectivity index (χ3v) is 23.8. The maximum Gasteiger partial charge on any atom is 0.472 e. The standard InChI is InChI=1S/C93H182O17P2/c1-8-9-10-11-12-13-14-15-16-17-18-19-20-28-33-38-43-48-53-63-70-77-93(98)110-89(81-104-91(96)75-68-61-56-55-59-66-73-86(6)7)83-108-112(101,102)106-79-87(94)78-105-111(99,100)107-82-88(109-92(97)76-69-62-54-49-44-39-34-29-24-22-26-31-36-41-46-51-58-65-72-85(4)5)80-103-90(95)74-67-60-52-47-42-37-32-27-23-21-25-30-35-40-45-50-57-64-71-84(2)3/h84-89,94H,8-83H2,1-7H3,(H,99,100)(H,101,102)/t87-,88-,89-/m1/s1. The molecule has 0 amide bonds. The van der Waals surface area contributed by atoms with Crippen LogP contribution >= 0.6 is 15.6 Å². The van der Waals surface area contributed by atoms with Crippen molar-refractivity contribution >= 4 is 39.5 Å². The van der Waals surface area contributed by atoms with Crippen LogP contribution in [0.15, 0.2) is 0 Å². The Bertz CT molecular complexity index is 2150. The van der Waals surface area contributed by atoms with Gasteiger partial charge >= 0.3 is 39.5 Å². The smallest absolute Gasteiger partial charge is 0.462 e. The lowest BCUT2D eigenvalue weighted by Crippen LogP contribution is -2.30. The van der Waals surface area contributed by atoms with Crippen LogP contribution in [0.2, 0.25) is 0 Å². The number of phosphoric acid groups is 2. The van der Waals surface area contributed by atoms with Crippen molar-refractivity contribution in [3.05, 3.63) is 0 Å². The van der Waals surface area contributed by atoms with E-state index in [9.17, 15) is 43.2 Å². The number of phosphoric ester groups is 2. The molecule has 0 heterocycles. The second-order valence-corrected chi connectivity index (χ2v) is 37.7. The highest BCUT2D eigenvalue weighted by Gasteiger charge is 2.31. The summed E-state index contributed by atoms with van der Waals surface area (Å²) in [5.74, 6) is 0.223. The van der Waals surface area contributed by atoms with Crippen molar-refractivity contribution in [1.29, 1.82) is 0 Å². The van der Waals surface area contributed by atoms with Gasteiger partial charge in [-0.15, -0.1) is 0 Å². The summed E-state index contributed by atoms with van der Waals surface area (Å²) in [6, 6.07) is 0. The minimum atomic E-state index is -4.97. The van der Waals surface area contributed by atoms with E-state index in [4.69, 9.17) is 37.0 Å². The Kier molecular flexibility index (Phi) is 81.3. The molecule has 0 saturated carbocycles. The first-order valence-electron chi connectivity index (χ1n) is 47.8. The number of esters is 4. The Hall–Kier alpha value is -1.94. The van der Waals surface area contributed by atoms with Crippen molar-refractivity contribution in [2.24, 2.45) is 17.8 Å². The van der Waals surface area contributed by atoms with Crippen LogP contribution < -0.4 is 0 Å². The van der Waals surface area contributed by atoms with E-state index in [-0.39, 0.29) is 25.7 Å². The predicted octanol–water partition coefficient (Wildman–Crippen LogP) is 28.8. The van der Waals surface area contributed by atoms with Gasteiger partial charge in [-0.1, -0.05) is 447 Å². The van der Waals surface area contributed by atoms with Gasteiger partial charge < -0.3 is 33.8 Å². The van der Waals surface area contributed by atoms with Crippen molar-refractivity contribution in [3.8, 4) is 0 Å². The van der Waals surface area contributed by atoms with E-state index in [0.717, 1.165) is 108 Å². The number of rotatable bonds is 91. The number of hydrogen-bond donors (Lipinski definition) is 3. The predicted molar refractivity (Wildman–Crippen MR) is 465 cm³/mol. The van der Waals surface area contributed by atoms with Crippen LogP contribution in [0.25, 0.3) is 0 Å². The lowest BCUT2D eigenvalue weighted by molar-refractivity contribution is -0.161. The van der Waals surface area contributed by atoms with Crippen LogP contribution in [0.4, 0.5) is 0 Å². The monoisotopic (exact) mass is 1630 g/mol. The molecular formula is C93H182O17P2. The fourth-order valence-corrected chi connectivity index (χ4v) is 16.2. The Morgan fingerprint density at radius 3 is 0.607 bits per heavy atom. The fraction of sp³-hybridized carbons (Fsp3) is 0.957. The summed E-state index contributed by atoms with van der Waals surface area (Å²) in [6.07, 6.45) is 76.8. The number of carbonyl (C=O) groups excluding carboxylic acids is 4. The zero-order valence-corrected chi connectivity index (χ0v) is 75.9. The van der Waals surface area contributed by atoms with Crippen molar-refractivity contribution < 1.29 is 80.2 Å². The first-order chi connectivity index (χ1) is 54.2. The average molecular weight is 1630 g/mol. The van der Waals surface area contributed by atoms with Gasteiger partial charge in [0.05, 0.1) is 26.4 Å². The number of carbonyl (C=O) groups is 4. The minimum Gasteiger partial charge on any atom is -0.462 e. The maximum atomic E-state index is 13.2. The summed E-state index contributed by atoms with van der Waals surface area (Å²) in [6.45, 7) is 12.0. The molecule has 0 aliphatic carbocycles. The number of aliphatic hydroxyl groups excluding tert-OH is 1. The molecule has 0 saturated heterocycles. The molecule has 5 atom stereocenters. The summed E-state index contributed by atoms with van der Waals surface area (Å²) in [5, 5.41) is 10.7. The van der Waals surface area contributed by atoms with Crippen LogP contribution in [-0.2, 0) is 65.4 Å². The summed E-state index contributed by atoms with van der Waals surface area (Å²) < 4.78 is 69.1. The van der Waals surface area contributed by atoms with E-state index < -0.39 is 97.5 Å². The average Bonchev–Trinajstić information content (AvgIpc) is 0.897. The molecule has 112 heavy (non-hydrogen) atoms. The van der Waals surface area contributed by atoms with Gasteiger partial charge in [0.2, 0.25) is 0 Å². The van der Waals surface area contributed by atoms with Crippen molar-refractivity contribution in [3.63, 3.8) is 0 Å². The van der Waals surface area contributed by atoms with Gasteiger partial charge in [-0.25, -0.2) is 9.13 Å². The molecule has 0 fully saturated rings. The molecule has 0 bridgehead atoms. The van der Waals surface area contributed by atoms with Gasteiger partial charge in [0.25, 0.3) is 0 Å². The molecule has 0 spiro atoms. The van der Waals surface area contributed by atoms with E-state index in [1.165, 1.54) is 302 Å². The van der Waals surface area contributed by atoms with Crippen LogP contribution in [0.3, 0.4) is 0 Å². The molecule has 0 aromatic heterocycles. The van der Waals surface area contributed by atoms with E-state index in [1.807, 2.05) is 0 Å². The fourth-order valence-electron chi connectivity index (χ4n) is 14.6. The summed E-state index contributed by atoms with van der Waals surface area (Å²) in [5.41, 5.74) is 0. The Morgan fingerprint density at radius 2 is 0.411 bits per heavy atom. The van der Waals surface area contributed by atoms with E-state index in [0.29, 0.717) is 31.6 Å². The molecule has 666 valence electrons. The Labute approximate surface area is 689 Å². The van der Waals surface area contributed by atoms with E-state index in [2.05, 4.69) is 48.5 Å². The van der Waals surface area contributed by atoms with Crippen LogP contribution in [-0.4, -0.2) is 96.7 Å². The molecule has 2 unspecified atom stereocenters. The zero-order chi connectivity index (χ0) is 82.2. The van der Waals surface area contributed by atoms with Crippen molar-refractivity contribution in [1.82, 2.24) is 0 Å². The number of hydrogen-bond acceptors (Lipinski definition) is 15. The lowest BCUT2D eigenvalue weighted by atomic mass is 10.0. The number of unbranched alkanes of at least 4 members (excludes halogenated alkanes) is 59. The normalized spacial score (nSPS) is 13.8. The number of aliphatic hydroxyl groups is 1. The molecule has 3 N–H and O–H groups in total. The van der Waals surface area contributed by atoms with Crippen LogP contribution in [0.5, 0.6) is 0 Å². The molecule has 0 radical (unpaired) electrons. The number of ether oxygens (including phenoxy) is 4. The molecule has 0 rings (SSSR count). The highest BCUT2D eigenvalue weighted by atomic mass is 31.2. The molecular weight excluding hydrogens is 1450 g/mol. The SMILES string of the molecule is CCCCCCCCCCCCCCCCCCCCCCCC(=O)O[C@H](COC(=O)CCCCCCCCC(C)C)COP(=O)(O)OC[C@H](O)COP(=O)(O)OC[C@@H](COC(=O)CCCCCCCCCCCCCCCCCCCCC(C)C)OC(=O)CCCCCCCCCCCCCCCCCCCCC(C)C. The topological polar surface area (TPSA) is 237 Å². The Morgan fingerprint density at radius 1 is 0.241 bits per heavy atom. The molecule has 0 aromatic carbocycles. The molecule has 0 aromatic rings. The van der Waals surface area contributed by atoms with Gasteiger partial charge in [0.1, 0.15) is 19.3 Å². The highest BCUT2D eigenvalue weighted by Crippen LogP contribution is 2.45. The first-order valence-corrected chi connectivity index (χ1v) is 50.8. The maximum absolute atomic E-state index is 13.2. The summed E-state index contributed by atoms with van der Waals surface area (Å²) in [4.78, 5) is 73.4. The second-order valence-electron chi connectivity index (χ2n) is 34.8. The first kappa shape index (κ1) is 110. The van der Waals surface area contributed by atoms with Gasteiger partial charge in [-0.2, -0.15) is 0 Å². The largest absolute Gasteiger partial charge is 0.472 e. The van der Waals surface area contributed by atoms with Gasteiger partial charge in [-0.05, 0) is 43.4 Å².